The van der Waals surface area contributed by atoms with Gasteiger partial charge in [-0.25, -0.2) is 0 Å². The van der Waals surface area contributed by atoms with Crippen LogP contribution in [0.1, 0.15) is 45.7 Å². The molecule has 0 N–H and O–H groups in total. The van der Waals surface area contributed by atoms with E-state index in [2.05, 4.69) is 44.7 Å². The van der Waals surface area contributed by atoms with Gasteiger partial charge in [-0.1, -0.05) is 44.7 Å². The molecule has 0 aromatic heterocycles. The van der Waals surface area contributed by atoms with Crippen molar-refractivity contribution < 1.29 is 19.1 Å². The second kappa shape index (κ2) is 9.45. The van der Waals surface area contributed by atoms with E-state index >= 15 is 0 Å². The Kier molecular flexibility index (Phi) is 7.45. The summed E-state index contributed by atoms with van der Waals surface area (Å²) >= 11 is 0. The number of ether oxygens (including phenoxy) is 2. The lowest BCUT2D eigenvalue weighted by Crippen LogP contribution is -2.39. The van der Waals surface area contributed by atoms with Crippen molar-refractivity contribution >= 4 is 5.78 Å². The Labute approximate surface area is 180 Å². The highest BCUT2D eigenvalue weighted by molar-refractivity contribution is 6.00. The molecule has 0 heterocycles. The summed E-state index contributed by atoms with van der Waals surface area (Å²) in [6.07, 6.45) is 0. The largest absolute Gasteiger partial charge is 0.497 e. The van der Waals surface area contributed by atoms with Crippen molar-refractivity contribution in [2.45, 2.75) is 45.6 Å². The zero-order valence-electron chi connectivity index (χ0n) is 19.1. The highest BCUT2D eigenvalue weighted by Crippen LogP contribution is 2.33. The quantitative estimate of drug-likeness (QED) is 0.308. The molecular formula is C25H33NO4. The maximum atomic E-state index is 12.1. The highest BCUT2D eigenvalue weighted by atomic mass is 16.7. The van der Waals surface area contributed by atoms with E-state index in [-0.39, 0.29) is 17.9 Å². The van der Waals surface area contributed by atoms with Crippen molar-refractivity contribution in [3.63, 3.8) is 0 Å². The Morgan fingerprint density at radius 2 is 1.40 bits per heavy atom. The van der Waals surface area contributed by atoms with E-state index in [0.29, 0.717) is 11.3 Å². The lowest BCUT2D eigenvalue weighted by Gasteiger charge is -2.28. The molecule has 0 aliphatic rings. The second-order valence-electron chi connectivity index (χ2n) is 8.49. The van der Waals surface area contributed by atoms with Crippen LogP contribution in [0.5, 0.6) is 11.5 Å². The van der Waals surface area contributed by atoms with Gasteiger partial charge in [0.2, 0.25) is 0 Å². The minimum absolute atomic E-state index is 0.124. The van der Waals surface area contributed by atoms with Crippen molar-refractivity contribution in [1.82, 2.24) is 5.06 Å². The molecule has 0 saturated heterocycles. The summed E-state index contributed by atoms with van der Waals surface area (Å²) in [5.41, 5.74) is 1.74. The molecule has 2 rings (SSSR count). The van der Waals surface area contributed by atoms with E-state index in [4.69, 9.17) is 14.3 Å². The SMILES string of the molecule is C=C(C)C(=O)C(C)(C)OCN(C)Oc1ccc(C(C)(C)c2ccc(OC)cc2)cc1. The summed E-state index contributed by atoms with van der Waals surface area (Å²) in [6, 6.07) is 16.1. The first-order chi connectivity index (χ1) is 14.0. The third kappa shape index (κ3) is 5.71. The Bertz CT molecular complexity index is 867. The van der Waals surface area contributed by atoms with E-state index in [1.807, 2.05) is 24.3 Å². The number of carbonyl (C=O) groups is 1. The molecule has 0 aliphatic heterocycles. The minimum atomic E-state index is -0.949. The molecule has 0 bridgehead atoms. The summed E-state index contributed by atoms with van der Waals surface area (Å²) < 4.78 is 11.0. The number of ketones is 1. The van der Waals surface area contributed by atoms with E-state index in [0.717, 1.165) is 5.75 Å². The van der Waals surface area contributed by atoms with Gasteiger partial charge in [-0.15, -0.1) is 5.06 Å². The molecule has 0 fully saturated rings. The van der Waals surface area contributed by atoms with Crippen LogP contribution in [0.2, 0.25) is 0 Å². The Balaban J connectivity index is 2.01. The average Bonchev–Trinajstić information content (AvgIpc) is 2.72. The number of carbonyl (C=O) groups excluding carboxylic acids is 1. The van der Waals surface area contributed by atoms with Gasteiger partial charge in [0.15, 0.2) is 5.78 Å². The van der Waals surface area contributed by atoms with E-state index < -0.39 is 5.60 Å². The predicted molar refractivity (Wildman–Crippen MR) is 120 cm³/mol. The molecule has 30 heavy (non-hydrogen) atoms. The van der Waals surface area contributed by atoms with Gasteiger partial charge >= 0.3 is 0 Å². The molecule has 0 unspecified atom stereocenters. The topological polar surface area (TPSA) is 48.0 Å². The van der Waals surface area contributed by atoms with Crippen molar-refractivity contribution in [3.8, 4) is 11.5 Å². The molecule has 0 atom stereocenters. The summed E-state index contributed by atoms with van der Waals surface area (Å²) in [4.78, 5) is 17.9. The zero-order chi connectivity index (χ0) is 22.5. The van der Waals surface area contributed by atoms with Gasteiger partial charge in [-0.2, -0.15) is 0 Å². The molecule has 0 amide bonds. The van der Waals surface area contributed by atoms with Gasteiger partial charge < -0.3 is 14.3 Å². The van der Waals surface area contributed by atoms with Crippen molar-refractivity contribution in [2.24, 2.45) is 0 Å². The van der Waals surface area contributed by atoms with Gasteiger partial charge in [-0.05, 0) is 61.7 Å². The highest BCUT2D eigenvalue weighted by Gasteiger charge is 2.29. The van der Waals surface area contributed by atoms with Crippen LogP contribution in [-0.4, -0.2) is 37.3 Å². The van der Waals surface area contributed by atoms with Crippen molar-refractivity contribution in [1.29, 1.82) is 0 Å². The first kappa shape index (κ1) is 23.6. The van der Waals surface area contributed by atoms with Crippen LogP contribution >= 0.6 is 0 Å². The molecule has 0 aliphatic carbocycles. The van der Waals surface area contributed by atoms with Gasteiger partial charge in [0.05, 0.1) is 7.11 Å². The summed E-state index contributed by atoms with van der Waals surface area (Å²) in [5.74, 6) is 1.41. The molecule has 0 spiro atoms. The van der Waals surface area contributed by atoms with E-state index in [9.17, 15) is 4.79 Å². The fourth-order valence-corrected chi connectivity index (χ4v) is 3.14. The smallest absolute Gasteiger partial charge is 0.189 e. The number of nitrogens with zero attached hydrogens (tertiary/aromatic N) is 1. The fraction of sp³-hybridized carbons (Fsp3) is 0.400. The predicted octanol–water partition coefficient (Wildman–Crippen LogP) is 5.14. The number of hydrogen-bond acceptors (Lipinski definition) is 5. The third-order valence-corrected chi connectivity index (χ3v) is 5.19. The molecule has 5 nitrogen and oxygen atoms in total. The van der Waals surface area contributed by atoms with Crippen molar-refractivity contribution in [2.75, 3.05) is 20.9 Å². The van der Waals surface area contributed by atoms with E-state index in [1.165, 1.54) is 11.1 Å². The molecule has 5 heteroatoms. The lowest BCUT2D eigenvalue weighted by molar-refractivity contribution is -0.169. The van der Waals surface area contributed by atoms with Gasteiger partial charge in [0.1, 0.15) is 23.8 Å². The Hall–Kier alpha value is -2.63. The monoisotopic (exact) mass is 411 g/mol. The van der Waals surface area contributed by atoms with Crippen LogP contribution < -0.4 is 9.57 Å². The maximum absolute atomic E-state index is 12.1. The van der Waals surface area contributed by atoms with Crippen LogP contribution in [0, 0.1) is 0 Å². The van der Waals surface area contributed by atoms with Crippen LogP contribution in [0.25, 0.3) is 0 Å². The third-order valence-electron chi connectivity index (χ3n) is 5.19. The first-order valence-corrected chi connectivity index (χ1v) is 9.96. The number of methoxy groups -OCH3 is 1. The molecular weight excluding hydrogens is 378 g/mol. The van der Waals surface area contributed by atoms with Crippen LogP contribution in [0.15, 0.2) is 60.7 Å². The second-order valence-corrected chi connectivity index (χ2v) is 8.49. The molecule has 162 valence electrons. The van der Waals surface area contributed by atoms with Crippen LogP contribution in [0.3, 0.4) is 0 Å². The van der Waals surface area contributed by atoms with Gasteiger partial charge in [0, 0.05) is 12.5 Å². The number of benzene rings is 2. The summed E-state index contributed by atoms with van der Waals surface area (Å²) in [6.45, 7) is 13.4. The lowest BCUT2D eigenvalue weighted by atomic mass is 9.78. The van der Waals surface area contributed by atoms with Crippen LogP contribution in [-0.2, 0) is 14.9 Å². The summed E-state index contributed by atoms with van der Waals surface area (Å²) in [7, 11) is 3.43. The van der Waals surface area contributed by atoms with Crippen molar-refractivity contribution in [3.05, 3.63) is 71.8 Å². The maximum Gasteiger partial charge on any atom is 0.189 e. The molecule has 0 radical (unpaired) electrons. The summed E-state index contributed by atoms with van der Waals surface area (Å²) in [5, 5.41) is 1.55. The first-order valence-electron chi connectivity index (χ1n) is 9.96. The normalized spacial score (nSPS) is 12.0. The van der Waals surface area contributed by atoms with Gasteiger partial charge in [0.25, 0.3) is 0 Å². The average molecular weight is 412 g/mol. The number of Topliss-reactive ketones (excluding diaryl/α,β-unsaturated/α-hetero) is 1. The van der Waals surface area contributed by atoms with Crippen LogP contribution in [0.4, 0.5) is 0 Å². The molecule has 0 saturated carbocycles. The zero-order valence-corrected chi connectivity index (χ0v) is 19.1. The molecule has 2 aromatic carbocycles. The van der Waals surface area contributed by atoms with E-state index in [1.54, 1.807) is 40.0 Å². The Morgan fingerprint density at radius 1 is 0.933 bits per heavy atom. The van der Waals surface area contributed by atoms with Gasteiger partial charge in [-0.3, -0.25) is 4.79 Å². The number of hydroxylamine groups is 2. The number of hydrogen-bond donors (Lipinski definition) is 0. The number of rotatable bonds is 10. The fourth-order valence-electron chi connectivity index (χ4n) is 3.14. The Morgan fingerprint density at radius 3 is 1.83 bits per heavy atom. The standard InChI is InChI=1S/C25H33NO4/c1-18(2)23(27)25(5,6)29-17-26(7)30-22-15-11-20(12-16-22)24(3,4)19-9-13-21(28-8)14-10-19/h9-16H,1,17H2,2-8H3. The minimum Gasteiger partial charge on any atom is -0.497 e. The molecule has 2 aromatic rings.